The summed E-state index contributed by atoms with van der Waals surface area (Å²) in [5.74, 6) is 1.04. The topological polar surface area (TPSA) is 97.0 Å². The molecule has 7 nitrogen and oxygen atoms in total. The van der Waals surface area contributed by atoms with E-state index in [-0.39, 0.29) is 36.1 Å². The number of nitrogens with zero attached hydrogens (tertiary/aromatic N) is 2. The second-order valence-corrected chi connectivity index (χ2v) is 7.58. The van der Waals surface area contributed by atoms with E-state index in [1.165, 1.54) is 5.56 Å². The number of carbonyl (C=O) groups excluding carboxylic acids is 1. The summed E-state index contributed by atoms with van der Waals surface area (Å²) in [4.78, 5) is 27.1. The third kappa shape index (κ3) is 7.06. The average Bonchev–Trinajstić information content (AvgIpc) is 2.77. The highest BCUT2D eigenvalue weighted by molar-refractivity contribution is 5.76. The van der Waals surface area contributed by atoms with Crippen LogP contribution in [-0.2, 0) is 17.6 Å². The van der Waals surface area contributed by atoms with Crippen molar-refractivity contribution < 1.29 is 9.53 Å². The van der Waals surface area contributed by atoms with Crippen LogP contribution in [0.15, 0.2) is 59.4 Å². The highest BCUT2D eigenvalue weighted by Gasteiger charge is 2.10. The molecule has 0 bridgehead atoms. The molecular formula is C24H28N4O3. The zero-order valence-electron chi connectivity index (χ0n) is 17.9. The fourth-order valence-corrected chi connectivity index (χ4v) is 3.10. The number of H-pyrrole nitrogens is 1. The number of carbonyl (C=O) groups is 1. The highest BCUT2D eigenvalue weighted by Crippen LogP contribution is 2.19. The molecule has 31 heavy (non-hydrogen) atoms. The second-order valence-electron chi connectivity index (χ2n) is 7.58. The predicted octanol–water partition coefficient (Wildman–Crippen LogP) is 3.30. The molecule has 3 aromatic rings. The lowest BCUT2D eigenvalue weighted by atomic mass is 10.1. The lowest BCUT2D eigenvalue weighted by Gasteiger charge is -2.09. The molecule has 0 unspecified atom stereocenters. The van der Waals surface area contributed by atoms with Gasteiger partial charge in [-0.3, -0.25) is 9.59 Å². The molecule has 0 saturated carbocycles. The van der Waals surface area contributed by atoms with Crippen LogP contribution in [0.5, 0.6) is 5.75 Å². The van der Waals surface area contributed by atoms with E-state index < -0.39 is 0 Å². The zero-order chi connectivity index (χ0) is 22.1. The van der Waals surface area contributed by atoms with Crippen molar-refractivity contribution in [2.45, 2.75) is 45.6 Å². The van der Waals surface area contributed by atoms with Gasteiger partial charge in [0.15, 0.2) is 5.82 Å². The van der Waals surface area contributed by atoms with E-state index in [0.717, 1.165) is 24.2 Å². The Morgan fingerprint density at radius 1 is 1.03 bits per heavy atom. The number of aromatic amines is 1. The lowest BCUT2D eigenvalue weighted by molar-refractivity contribution is -0.121. The lowest BCUT2D eigenvalue weighted by Crippen LogP contribution is -2.26. The Hall–Kier alpha value is -3.48. The van der Waals surface area contributed by atoms with Gasteiger partial charge in [-0.2, -0.15) is 0 Å². The number of benzene rings is 2. The molecule has 1 aromatic heterocycles. The number of hydrogen-bond acceptors (Lipinski definition) is 5. The summed E-state index contributed by atoms with van der Waals surface area (Å²) in [6, 6.07) is 17.4. The van der Waals surface area contributed by atoms with E-state index in [9.17, 15) is 9.59 Å². The number of rotatable bonds is 10. The zero-order valence-corrected chi connectivity index (χ0v) is 17.9. The van der Waals surface area contributed by atoms with E-state index >= 15 is 0 Å². The first kappa shape index (κ1) is 22.2. The maximum Gasteiger partial charge on any atom is 0.273 e. The Bertz CT molecular complexity index is 1030. The molecule has 7 heteroatoms. The average molecular weight is 421 g/mol. The molecule has 2 aromatic carbocycles. The number of aromatic nitrogens is 3. The van der Waals surface area contributed by atoms with Crippen LogP contribution in [0.3, 0.4) is 0 Å². The Morgan fingerprint density at radius 2 is 1.77 bits per heavy atom. The van der Waals surface area contributed by atoms with Gasteiger partial charge in [-0.05, 0) is 56.5 Å². The van der Waals surface area contributed by atoms with Crippen LogP contribution >= 0.6 is 0 Å². The van der Waals surface area contributed by atoms with Gasteiger partial charge in [-0.1, -0.05) is 30.3 Å². The van der Waals surface area contributed by atoms with Crippen LogP contribution < -0.4 is 15.6 Å². The predicted molar refractivity (Wildman–Crippen MR) is 120 cm³/mol. The van der Waals surface area contributed by atoms with E-state index in [4.69, 9.17) is 4.74 Å². The molecule has 2 N–H and O–H groups in total. The summed E-state index contributed by atoms with van der Waals surface area (Å²) in [6.45, 7) is 4.52. The molecule has 0 spiro atoms. The molecule has 0 saturated heterocycles. The SMILES string of the molecule is CC(C)Oc1ccc(-c2nnc(CCC(=O)NCCCc3ccccc3)c(=O)[nH]2)cc1. The van der Waals surface area contributed by atoms with Crippen LogP contribution in [0.25, 0.3) is 11.4 Å². The van der Waals surface area contributed by atoms with Gasteiger partial charge in [0, 0.05) is 24.9 Å². The van der Waals surface area contributed by atoms with E-state index in [2.05, 4.69) is 32.6 Å². The second kappa shape index (κ2) is 11.1. The van der Waals surface area contributed by atoms with Gasteiger partial charge in [0.2, 0.25) is 5.91 Å². The molecule has 1 amide bonds. The van der Waals surface area contributed by atoms with Gasteiger partial charge in [-0.15, -0.1) is 10.2 Å². The minimum Gasteiger partial charge on any atom is -0.491 e. The van der Waals surface area contributed by atoms with Crippen LogP contribution in [0, 0.1) is 0 Å². The number of aryl methyl sites for hydroxylation is 2. The number of amides is 1. The number of hydrogen-bond donors (Lipinski definition) is 2. The van der Waals surface area contributed by atoms with Gasteiger partial charge < -0.3 is 15.0 Å². The largest absolute Gasteiger partial charge is 0.491 e. The highest BCUT2D eigenvalue weighted by atomic mass is 16.5. The van der Waals surface area contributed by atoms with Gasteiger partial charge in [-0.25, -0.2) is 0 Å². The Balaban J connectivity index is 1.46. The molecule has 3 rings (SSSR count). The maximum absolute atomic E-state index is 12.3. The van der Waals surface area contributed by atoms with Crippen LogP contribution in [0.4, 0.5) is 0 Å². The first-order valence-corrected chi connectivity index (χ1v) is 10.5. The monoisotopic (exact) mass is 420 g/mol. The van der Waals surface area contributed by atoms with Gasteiger partial charge in [0.25, 0.3) is 5.56 Å². The van der Waals surface area contributed by atoms with Gasteiger partial charge in [0.1, 0.15) is 11.4 Å². The van der Waals surface area contributed by atoms with Crippen molar-refractivity contribution in [1.29, 1.82) is 0 Å². The smallest absolute Gasteiger partial charge is 0.273 e. The molecule has 0 aliphatic rings. The molecule has 0 radical (unpaired) electrons. The molecule has 1 heterocycles. The van der Waals surface area contributed by atoms with Crippen molar-refractivity contribution in [1.82, 2.24) is 20.5 Å². The van der Waals surface area contributed by atoms with E-state index in [1.54, 1.807) is 0 Å². The summed E-state index contributed by atoms with van der Waals surface area (Å²) in [5.41, 5.74) is 1.91. The maximum atomic E-state index is 12.3. The standard InChI is InChI=1S/C24H28N4O3/c1-17(2)31-20-12-10-19(11-13-20)23-26-24(30)21(27-28-23)14-15-22(29)25-16-6-9-18-7-4-3-5-8-18/h3-5,7-8,10-13,17H,6,9,14-16H2,1-2H3,(H,25,29)(H,26,28,30). The summed E-state index contributed by atoms with van der Waals surface area (Å²) in [5, 5.41) is 11.0. The molecule has 162 valence electrons. The van der Waals surface area contributed by atoms with Crippen molar-refractivity contribution in [3.05, 3.63) is 76.2 Å². The van der Waals surface area contributed by atoms with Crippen molar-refractivity contribution in [2.24, 2.45) is 0 Å². The van der Waals surface area contributed by atoms with Crippen molar-refractivity contribution >= 4 is 5.91 Å². The van der Waals surface area contributed by atoms with Crippen LogP contribution in [0.1, 0.15) is 37.9 Å². The normalized spacial score (nSPS) is 10.8. The Kier molecular flexibility index (Phi) is 7.92. The fourth-order valence-electron chi connectivity index (χ4n) is 3.10. The first-order valence-electron chi connectivity index (χ1n) is 10.5. The molecule has 0 aliphatic carbocycles. The number of nitrogens with one attached hydrogen (secondary N) is 2. The summed E-state index contributed by atoms with van der Waals surface area (Å²) < 4.78 is 5.61. The summed E-state index contributed by atoms with van der Waals surface area (Å²) >= 11 is 0. The first-order chi connectivity index (χ1) is 15.0. The van der Waals surface area contributed by atoms with Crippen molar-refractivity contribution in [3.8, 4) is 17.1 Å². The fraction of sp³-hybridized carbons (Fsp3) is 0.333. The molecule has 0 aliphatic heterocycles. The summed E-state index contributed by atoms with van der Waals surface area (Å²) in [7, 11) is 0. The van der Waals surface area contributed by atoms with Gasteiger partial charge >= 0.3 is 0 Å². The van der Waals surface area contributed by atoms with Crippen molar-refractivity contribution in [2.75, 3.05) is 6.54 Å². The minimum absolute atomic E-state index is 0.0887. The van der Waals surface area contributed by atoms with Gasteiger partial charge in [0.05, 0.1) is 6.10 Å². The van der Waals surface area contributed by atoms with E-state index in [0.29, 0.717) is 12.4 Å². The third-order valence-electron chi connectivity index (χ3n) is 4.66. The molecular weight excluding hydrogens is 392 g/mol. The third-order valence-corrected chi connectivity index (χ3v) is 4.66. The Labute approximate surface area is 181 Å². The van der Waals surface area contributed by atoms with E-state index in [1.807, 2.05) is 56.3 Å². The van der Waals surface area contributed by atoms with Crippen LogP contribution in [-0.4, -0.2) is 33.7 Å². The molecule has 0 fully saturated rings. The Morgan fingerprint density at radius 3 is 2.45 bits per heavy atom. The minimum atomic E-state index is -0.329. The molecule has 0 atom stereocenters. The van der Waals surface area contributed by atoms with Crippen molar-refractivity contribution in [3.63, 3.8) is 0 Å². The van der Waals surface area contributed by atoms with Crippen LogP contribution in [0.2, 0.25) is 0 Å². The quantitative estimate of drug-likeness (QED) is 0.491. The number of ether oxygens (including phenoxy) is 1. The summed E-state index contributed by atoms with van der Waals surface area (Å²) in [6.07, 6.45) is 2.31.